The largest absolute Gasteiger partial charge is 0.324 e. The average molecular weight is 417 g/mol. The Kier molecular flexibility index (Phi) is 7.11. The van der Waals surface area contributed by atoms with E-state index in [0.29, 0.717) is 12.1 Å². The van der Waals surface area contributed by atoms with Gasteiger partial charge in [-0.1, -0.05) is 45.0 Å². The molecule has 0 saturated carbocycles. The second kappa shape index (κ2) is 8.99. The molecule has 2 rings (SSSR count). The van der Waals surface area contributed by atoms with Gasteiger partial charge in [0.15, 0.2) is 0 Å². The summed E-state index contributed by atoms with van der Waals surface area (Å²) < 4.78 is 26.6. The molecule has 0 heterocycles. The van der Waals surface area contributed by atoms with Crippen LogP contribution in [0.4, 0.5) is 11.4 Å². The van der Waals surface area contributed by atoms with Crippen molar-refractivity contribution in [3.63, 3.8) is 0 Å². The maximum atomic E-state index is 13.3. The quantitative estimate of drug-likeness (QED) is 0.697. The highest BCUT2D eigenvalue weighted by Crippen LogP contribution is 2.30. The van der Waals surface area contributed by atoms with E-state index in [4.69, 9.17) is 0 Å². The monoisotopic (exact) mass is 416 g/mol. The number of carbonyl (C=O) groups excluding carboxylic acids is 1. The molecule has 2 aromatic rings. The minimum absolute atomic E-state index is 0.232. The van der Waals surface area contributed by atoms with Crippen molar-refractivity contribution in [1.29, 1.82) is 0 Å². The van der Waals surface area contributed by atoms with Crippen LogP contribution in [0.3, 0.4) is 0 Å². The number of carbonyl (C=O) groups is 1. The summed E-state index contributed by atoms with van der Waals surface area (Å²) in [4.78, 5) is 13.3. The molecule has 6 heteroatoms. The maximum absolute atomic E-state index is 13.3. The van der Waals surface area contributed by atoms with Crippen molar-refractivity contribution in [3.8, 4) is 0 Å². The van der Waals surface area contributed by atoms with E-state index in [1.54, 1.807) is 12.1 Å². The second-order valence-electron chi connectivity index (χ2n) is 8.01. The fourth-order valence-corrected chi connectivity index (χ4v) is 4.88. The van der Waals surface area contributed by atoms with E-state index < -0.39 is 16.1 Å². The van der Waals surface area contributed by atoms with Crippen molar-refractivity contribution >= 4 is 27.3 Å². The zero-order valence-electron chi connectivity index (χ0n) is 18.4. The van der Waals surface area contributed by atoms with Gasteiger partial charge >= 0.3 is 0 Å². The van der Waals surface area contributed by atoms with Crippen molar-refractivity contribution in [2.45, 2.75) is 59.9 Å². The third-order valence-electron chi connectivity index (χ3n) is 4.97. The standard InChI is InChI=1S/C23H32N2O3S/c1-8-21(23(26)24-22-18(6)10-9-11-20(22)15(2)3)25(29(7,27)28)19-13-16(4)12-17(5)14-19/h9-15,21H,8H2,1-7H3,(H,24,26)/t21-/m1/s1. The Morgan fingerprint density at radius 1 is 1.07 bits per heavy atom. The topological polar surface area (TPSA) is 66.5 Å². The lowest BCUT2D eigenvalue weighted by Gasteiger charge is -2.31. The van der Waals surface area contributed by atoms with Crippen LogP contribution in [0.25, 0.3) is 0 Å². The van der Waals surface area contributed by atoms with Crippen LogP contribution in [0.5, 0.6) is 0 Å². The van der Waals surface area contributed by atoms with Gasteiger partial charge in [0.2, 0.25) is 15.9 Å². The summed E-state index contributed by atoms with van der Waals surface area (Å²) in [7, 11) is -3.66. The van der Waals surface area contributed by atoms with E-state index in [9.17, 15) is 13.2 Å². The number of aryl methyl sites for hydroxylation is 3. The summed E-state index contributed by atoms with van der Waals surface area (Å²) in [5.41, 5.74) is 5.16. The zero-order chi connectivity index (χ0) is 21.9. The van der Waals surface area contributed by atoms with Crippen LogP contribution in [0.2, 0.25) is 0 Å². The highest BCUT2D eigenvalue weighted by Gasteiger charge is 2.32. The van der Waals surface area contributed by atoms with E-state index in [2.05, 4.69) is 19.2 Å². The Bertz CT molecular complexity index is 977. The predicted octanol–water partition coefficient (Wildman–Crippen LogP) is 4.92. The molecule has 1 amide bonds. The van der Waals surface area contributed by atoms with Gasteiger partial charge in [-0.2, -0.15) is 0 Å². The van der Waals surface area contributed by atoms with Gasteiger partial charge in [-0.25, -0.2) is 8.42 Å². The number of benzene rings is 2. The number of nitrogens with zero attached hydrogens (tertiary/aromatic N) is 1. The summed E-state index contributed by atoms with van der Waals surface area (Å²) in [5, 5.41) is 3.02. The third kappa shape index (κ3) is 5.38. The second-order valence-corrected chi connectivity index (χ2v) is 9.87. The molecule has 0 unspecified atom stereocenters. The van der Waals surface area contributed by atoms with Crippen molar-refractivity contribution in [2.24, 2.45) is 0 Å². The lowest BCUT2D eigenvalue weighted by atomic mass is 9.98. The number of anilines is 2. The van der Waals surface area contributed by atoms with E-state index in [0.717, 1.165) is 34.2 Å². The van der Waals surface area contributed by atoms with Crippen LogP contribution in [-0.2, 0) is 14.8 Å². The Hall–Kier alpha value is -2.34. The zero-order valence-corrected chi connectivity index (χ0v) is 19.2. The number of sulfonamides is 1. The van der Waals surface area contributed by atoms with Crippen LogP contribution in [0, 0.1) is 20.8 Å². The minimum Gasteiger partial charge on any atom is -0.324 e. The Morgan fingerprint density at radius 3 is 2.14 bits per heavy atom. The lowest BCUT2D eigenvalue weighted by Crippen LogP contribution is -2.47. The Morgan fingerprint density at radius 2 is 1.66 bits per heavy atom. The summed E-state index contributed by atoms with van der Waals surface area (Å²) in [6.45, 7) is 11.7. The van der Waals surface area contributed by atoms with Crippen LogP contribution in [0.15, 0.2) is 36.4 Å². The lowest BCUT2D eigenvalue weighted by molar-refractivity contribution is -0.117. The molecular weight excluding hydrogens is 384 g/mol. The van der Waals surface area contributed by atoms with Gasteiger partial charge in [-0.15, -0.1) is 0 Å². The number of hydrogen-bond acceptors (Lipinski definition) is 3. The Balaban J connectivity index is 2.50. The molecule has 0 spiro atoms. The molecule has 0 aliphatic rings. The molecule has 158 valence electrons. The van der Waals surface area contributed by atoms with E-state index in [1.807, 2.05) is 52.0 Å². The SMILES string of the molecule is CC[C@H](C(=O)Nc1c(C)cccc1C(C)C)N(c1cc(C)cc(C)c1)S(C)(=O)=O. The third-order valence-corrected chi connectivity index (χ3v) is 6.15. The normalized spacial score (nSPS) is 12.7. The van der Waals surface area contributed by atoms with Gasteiger partial charge < -0.3 is 5.32 Å². The van der Waals surface area contributed by atoms with Crippen molar-refractivity contribution in [1.82, 2.24) is 0 Å². The number of para-hydroxylation sites is 1. The fourth-order valence-electron chi connectivity index (χ4n) is 3.69. The van der Waals surface area contributed by atoms with Gasteiger partial charge in [-0.3, -0.25) is 9.10 Å². The molecule has 1 N–H and O–H groups in total. The molecule has 0 aliphatic heterocycles. The molecule has 5 nitrogen and oxygen atoms in total. The first-order valence-corrected chi connectivity index (χ1v) is 11.8. The highest BCUT2D eigenvalue weighted by atomic mass is 32.2. The first kappa shape index (κ1) is 22.9. The van der Waals surface area contributed by atoms with Gasteiger partial charge in [0.1, 0.15) is 6.04 Å². The van der Waals surface area contributed by atoms with E-state index >= 15 is 0 Å². The smallest absolute Gasteiger partial charge is 0.248 e. The summed E-state index contributed by atoms with van der Waals surface area (Å²) in [5.74, 6) is -0.0935. The molecule has 0 saturated heterocycles. The van der Waals surface area contributed by atoms with Crippen LogP contribution >= 0.6 is 0 Å². The van der Waals surface area contributed by atoms with Gasteiger partial charge in [0.05, 0.1) is 11.9 Å². The van der Waals surface area contributed by atoms with Crippen LogP contribution < -0.4 is 9.62 Å². The molecule has 2 aromatic carbocycles. The summed E-state index contributed by atoms with van der Waals surface area (Å²) in [6, 6.07) is 10.6. The van der Waals surface area contributed by atoms with Gasteiger partial charge in [0.25, 0.3) is 0 Å². The minimum atomic E-state index is -3.66. The fraction of sp³-hybridized carbons (Fsp3) is 0.435. The average Bonchev–Trinajstić information content (AvgIpc) is 2.58. The molecule has 0 aliphatic carbocycles. The van der Waals surface area contributed by atoms with Crippen LogP contribution in [0.1, 0.15) is 55.4 Å². The van der Waals surface area contributed by atoms with Crippen LogP contribution in [-0.4, -0.2) is 26.6 Å². The van der Waals surface area contributed by atoms with Crippen molar-refractivity contribution in [2.75, 3.05) is 15.9 Å². The number of amides is 1. The molecular formula is C23H32N2O3S. The summed E-state index contributed by atoms with van der Waals surface area (Å²) >= 11 is 0. The maximum Gasteiger partial charge on any atom is 0.248 e. The van der Waals surface area contributed by atoms with E-state index in [-0.39, 0.29) is 11.8 Å². The van der Waals surface area contributed by atoms with Crippen molar-refractivity contribution in [3.05, 3.63) is 58.7 Å². The number of nitrogens with one attached hydrogen (secondary N) is 1. The Labute approximate surface area is 175 Å². The van der Waals surface area contributed by atoms with Crippen molar-refractivity contribution < 1.29 is 13.2 Å². The molecule has 29 heavy (non-hydrogen) atoms. The summed E-state index contributed by atoms with van der Waals surface area (Å²) in [6.07, 6.45) is 1.50. The molecule has 0 aromatic heterocycles. The molecule has 0 radical (unpaired) electrons. The van der Waals surface area contributed by atoms with E-state index in [1.165, 1.54) is 4.31 Å². The number of hydrogen-bond donors (Lipinski definition) is 1. The molecule has 0 fully saturated rings. The highest BCUT2D eigenvalue weighted by molar-refractivity contribution is 7.92. The first-order valence-electron chi connectivity index (χ1n) is 9.93. The van der Waals surface area contributed by atoms with Gasteiger partial charge in [-0.05, 0) is 67.5 Å². The molecule has 0 bridgehead atoms. The predicted molar refractivity (Wildman–Crippen MR) is 121 cm³/mol. The first-order chi connectivity index (χ1) is 13.5. The van der Waals surface area contributed by atoms with Gasteiger partial charge in [0, 0.05) is 5.69 Å². The number of rotatable bonds is 7. The molecule has 1 atom stereocenters.